The van der Waals surface area contributed by atoms with Gasteiger partial charge in [0.2, 0.25) is 0 Å². The molecule has 0 saturated carbocycles. The van der Waals surface area contributed by atoms with E-state index in [1.807, 2.05) is 24.3 Å². The van der Waals surface area contributed by atoms with E-state index in [-0.39, 0.29) is 5.92 Å². The van der Waals surface area contributed by atoms with Crippen molar-refractivity contribution >= 4 is 55.6 Å². The molecule has 0 bridgehead atoms. The maximum Gasteiger partial charge on any atom is 0.160 e. The van der Waals surface area contributed by atoms with Crippen LogP contribution in [-0.2, 0) is 0 Å². The fourth-order valence-corrected chi connectivity index (χ4v) is 9.78. The molecule has 8 aromatic carbocycles. The van der Waals surface area contributed by atoms with E-state index < -0.39 is 0 Å². The van der Waals surface area contributed by atoms with Gasteiger partial charge in [0.05, 0.1) is 39.0 Å². The van der Waals surface area contributed by atoms with Crippen molar-refractivity contribution in [3.63, 3.8) is 0 Å². The Kier molecular flexibility index (Phi) is 8.17. The van der Waals surface area contributed by atoms with Gasteiger partial charge in [0.1, 0.15) is 0 Å². The average Bonchev–Trinajstić information content (AvgIpc) is 3.83. The topological polar surface area (TPSA) is 35.6 Å². The van der Waals surface area contributed by atoms with Crippen LogP contribution in [0.15, 0.2) is 200 Å². The SMILES string of the molecule is CC1C=c2c(c3ccccc3n2-c2ccccc2)=CC1c1ccc2c(c1)c1ccccc1n2-c1ccc(-c2cc(-c3ccccc3)nc(-c3ccccc3)n2)c2ccccc12. The molecule has 0 N–H and O–H groups in total. The van der Waals surface area contributed by atoms with E-state index in [2.05, 4.69) is 204 Å². The Balaban J connectivity index is 1.02. The highest BCUT2D eigenvalue weighted by molar-refractivity contribution is 6.12. The summed E-state index contributed by atoms with van der Waals surface area (Å²) in [6, 6.07) is 71.7. The summed E-state index contributed by atoms with van der Waals surface area (Å²) in [7, 11) is 0. The van der Waals surface area contributed by atoms with Crippen LogP contribution in [-0.4, -0.2) is 19.1 Å². The second kappa shape index (κ2) is 14.2. The molecular formula is C57H40N4. The van der Waals surface area contributed by atoms with Crippen molar-refractivity contribution in [2.24, 2.45) is 5.92 Å². The number of para-hydroxylation sites is 3. The van der Waals surface area contributed by atoms with Crippen LogP contribution in [0.4, 0.5) is 0 Å². The van der Waals surface area contributed by atoms with E-state index in [0.717, 1.165) is 39.2 Å². The monoisotopic (exact) mass is 780 g/mol. The molecule has 4 nitrogen and oxygen atoms in total. The second-order valence-electron chi connectivity index (χ2n) is 16.2. The molecule has 3 heterocycles. The Morgan fingerprint density at radius 3 is 1.77 bits per heavy atom. The third-order valence-electron chi connectivity index (χ3n) is 12.6. The maximum absolute atomic E-state index is 5.22. The Bertz CT molecular complexity index is 3540. The van der Waals surface area contributed by atoms with Crippen molar-refractivity contribution in [2.45, 2.75) is 12.8 Å². The highest BCUT2D eigenvalue weighted by Gasteiger charge is 2.24. The number of hydrogen-bond donors (Lipinski definition) is 0. The Morgan fingerprint density at radius 1 is 0.426 bits per heavy atom. The van der Waals surface area contributed by atoms with E-state index >= 15 is 0 Å². The Hall–Kier alpha value is -7.82. The average molecular weight is 781 g/mol. The first-order valence-electron chi connectivity index (χ1n) is 21.1. The first-order valence-corrected chi connectivity index (χ1v) is 21.1. The zero-order valence-corrected chi connectivity index (χ0v) is 33.7. The minimum absolute atomic E-state index is 0.226. The zero-order chi connectivity index (χ0) is 40.4. The van der Waals surface area contributed by atoms with Crippen LogP contribution in [0.3, 0.4) is 0 Å². The minimum atomic E-state index is 0.226. The number of nitrogens with zero attached hydrogens (tertiary/aromatic N) is 4. The molecule has 0 radical (unpaired) electrons. The predicted octanol–water partition coefficient (Wildman–Crippen LogP) is 12.7. The van der Waals surface area contributed by atoms with Gasteiger partial charge in [-0.3, -0.25) is 0 Å². The van der Waals surface area contributed by atoms with Crippen LogP contribution in [0.5, 0.6) is 0 Å². The molecule has 0 fully saturated rings. The molecule has 0 amide bonds. The first-order chi connectivity index (χ1) is 30.2. The number of aromatic nitrogens is 4. The summed E-state index contributed by atoms with van der Waals surface area (Å²) in [5, 5.41) is 8.69. The van der Waals surface area contributed by atoms with Crippen LogP contribution in [0, 0.1) is 5.92 Å². The Labute approximate surface area is 353 Å². The molecule has 0 saturated heterocycles. The normalized spacial score (nSPS) is 14.9. The van der Waals surface area contributed by atoms with Crippen molar-refractivity contribution in [1.82, 2.24) is 19.1 Å². The molecule has 12 rings (SSSR count). The van der Waals surface area contributed by atoms with E-state index in [1.165, 1.54) is 59.9 Å². The summed E-state index contributed by atoms with van der Waals surface area (Å²) < 4.78 is 4.88. The standard InChI is InChI=1S/C57H40N4/c1-37-33-56-49(46-26-13-15-27-52(46)60(56)41-21-9-4-10-22-41)35-47(37)40-29-31-55-48(34-40)45-25-14-16-28-53(45)61(55)54-32-30-43(42-23-11-12-24-44(42)54)51-36-50(38-17-5-2-6-18-38)58-57(59-51)39-19-7-3-8-20-39/h2-37,47H,1H3. The van der Waals surface area contributed by atoms with Crippen molar-refractivity contribution in [2.75, 3.05) is 0 Å². The molecule has 1 aliphatic rings. The van der Waals surface area contributed by atoms with Crippen LogP contribution in [0.25, 0.3) is 101 Å². The van der Waals surface area contributed by atoms with E-state index in [4.69, 9.17) is 9.97 Å². The number of fused-ring (bicyclic) bond motifs is 7. The second-order valence-corrected chi connectivity index (χ2v) is 16.2. The smallest absolute Gasteiger partial charge is 0.160 e. The van der Waals surface area contributed by atoms with Gasteiger partial charge in [-0.2, -0.15) is 0 Å². The molecule has 3 aromatic heterocycles. The van der Waals surface area contributed by atoms with Crippen molar-refractivity contribution in [3.05, 3.63) is 216 Å². The van der Waals surface area contributed by atoms with Gasteiger partial charge in [-0.15, -0.1) is 0 Å². The van der Waals surface area contributed by atoms with Crippen LogP contribution in [0.2, 0.25) is 0 Å². The number of benzene rings is 8. The molecular weight excluding hydrogens is 741 g/mol. The summed E-state index contributed by atoms with van der Waals surface area (Å²) in [6.07, 6.45) is 5.01. The van der Waals surface area contributed by atoms with Crippen molar-refractivity contribution in [1.29, 1.82) is 0 Å². The summed E-state index contributed by atoms with van der Waals surface area (Å²) >= 11 is 0. The van der Waals surface area contributed by atoms with Crippen LogP contribution < -0.4 is 10.6 Å². The van der Waals surface area contributed by atoms with Gasteiger partial charge in [-0.05, 0) is 65.4 Å². The lowest BCUT2D eigenvalue weighted by Crippen LogP contribution is -2.34. The quantitative estimate of drug-likeness (QED) is 0.168. The lowest BCUT2D eigenvalue weighted by molar-refractivity contribution is 0.690. The molecule has 61 heavy (non-hydrogen) atoms. The van der Waals surface area contributed by atoms with Crippen molar-refractivity contribution in [3.8, 4) is 45.3 Å². The van der Waals surface area contributed by atoms with E-state index in [9.17, 15) is 0 Å². The Morgan fingerprint density at radius 2 is 1.02 bits per heavy atom. The molecule has 1 aliphatic carbocycles. The summed E-state index contributed by atoms with van der Waals surface area (Å²) in [5.41, 5.74) is 12.2. The van der Waals surface area contributed by atoms with Crippen molar-refractivity contribution < 1.29 is 0 Å². The van der Waals surface area contributed by atoms with Gasteiger partial charge in [-0.1, -0.05) is 171 Å². The minimum Gasteiger partial charge on any atom is -0.310 e. The first kappa shape index (κ1) is 35.2. The van der Waals surface area contributed by atoms with Gasteiger partial charge < -0.3 is 9.13 Å². The fourth-order valence-electron chi connectivity index (χ4n) is 9.78. The van der Waals surface area contributed by atoms with Gasteiger partial charge in [0.15, 0.2) is 5.82 Å². The molecule has 11 aromatic rings. The summed E-state index contributed by atoms with van der Waals surface area (Å²) in [6.45, 7) is 2.36. The third-order valence-corrected chi connectivity index (χ3v) is 12.6. The van der Waals surface area contributed by atoms with Gasteiger partial charge in [-0.25, -0.2) is 9.97 Å². The van der Waals surface area contributed by atoms with E-state index in [0.29, 0.717) is 11.7 Å². The van der Waals surface area contributed by atoms with Gasteiger partial charge >= 0.3 is 0 Å². The van der Waals surface area contributed by atoms with Gasteiger partial charge in [0, 0.05) is 55.1 Å². The maximum atomic E-state index is 5.22. The van der Waals surface area contributed by atoms with Crippen LogP contribution in [0.1, 0.15) is 18.4 Å². The fraction of sp³-hybridized carbons (Fsp3) is 0.0526. The highest BCUT2D eigenvalue weighted by Crippen LogP contribution is 2.40. The number of hydrogen-bond acceptors (Lipinski definition) is 2. The largest absolute Gasteiger partial charge is 0.310 e. The zero-order valence-electron chi connectivity index (χ0n) is 33.7. The lowest BCUT2D eigenvalue weighted by Gasteiger charge is -2.22. The summed E-state index contributed by atoms with van der Waals surface area (Å²) in [5.74, 6) is 1.24. The lowest BCUT2D eigenvalue weighted by atomic mass is 9.83. The number of rotatable bonds is 6. The summed E-state index contributed by atoms with van der Waals surface area (Å²) in [4.78, 5) is 10.3. The van der Waals surface area contributed by atoms with E-state index in [1.54, 1.807) is 0 Å². The third kappa shape index (κ3) is 5.75. The molecule has 0 spiro atoms. The van der Waals surface area contributed by atoms with Gasteiger partial charge in [0.25, 0.3) is 0 Å². The molecule has 2 atom stereocenters. The molecule has 288 valence electrons. The predicted molar refractivity (Wildman–Crippen MR) is 254 cm³/mol. The highest BCUT2D eigenvalue weighted by atomic mass is 15.0. The van der Waals surface area contributed by atoms with Crippen LogP contribution >= 0.6 is 0 Å². The molecule has 4 heteroatoms. The molecule has 0 aliphatic heterocycles. The molecule has 2 unspecified atom stereocenters.